The Morgan fingerprint density at radius 1 is 0.917 bits per heavy atom. The van der Waals surface area contributed by atoms with Crippen LogP contribution in [0.3, 0.4) is 0 Å². The number of rotatable bonds is 5. The van der Waals surface area contributed by atoms with Gasteiger partial charge < -0.3 is 19.6 Å². The molecule has 4 aromatic carbocycles. The normalized spacial score (nSPS) is 20.0. The minimum Gasteiger partial charge on any atom is -0.497 e. The molecule has 2 unspecified atom stereocenters. The van der Waals surface area contributed by atoms with Crippen LogP contribution >= 0.6 is 0 Å². The molecule has 36 heavy (non-hydrogen) atoms. The third-order valence-electron chi connectivity index (χ3n) is 6.86. The average molecular weight is 479 g/mol. The summed E-state index contributed by atoms with van der Waals surface area (Å²) in [4.78, 5) is 33.9. The maximum Gasteiger partial charge on any atom is 0.277 e. The van der Waals surface area contributed by atoms with E-state index < -0.39 is 17.4 Å². The molecule has 1 N–H and O–H groups in total. The Labute approximate surface area is 207 Å². The van der Waals surface area contributed by atoms with Gasteiger partial charge in [-0.05, 0) is 41.1 Å². The number of carbonyl (C=O) groups excluding carboxylic acids is 2. The largest absolute Gasteiger partial charge is 0.497 e. The third-order valence-corrected chi connectivity index (χ3v) is 6.86. The molecular formula is C29H22N2O5. The molecule has 0 aromatic heterocycles. The van der Waals surface area contributed by atoms with Crippen molar-refractivity contribution >= 4 is 33.9 Å². The molecule has 7 heteroatoms. The van der Waals surface area contributed by atoms with Gasteiger partial charge in [0.25, 0.3) is 11.5 Å². The number of carbonyl (C=O) groups is 2. The van der Waals surface area contributed by atoms with E-state index in [2.05, 4.69) is 10.5 Å². The summed E-state index contributed by atoms with van der Waals surface area (Å²) in [6.45, 7) is 0. The summed E-state index contributed by atoms with van der Waals surface area (Å²) in [7, 11) is 3.09. The first-order valence-corrected chi connectivity index (χ1v) is 11.5. The summed E-state index contributed by atoms with van der Waals surface area (Å²) in [6, 6.07) is 25.7. The van der Waals surface area contributed by atoms with Crippen LogP contribution in [0.1, 0.15) is 21.5 Å². The van der Waals surface area contributed by atoms with E-state index in [4.69, 9.17) is 14.3 Å². The van der Waals surface area contributed by atoms with E-state index in [1.54, 1.807) is 43.5 Å². The lowest BCUT2D eigenvalue weighted by Crippen LogP contribution is -2.46. The molecule has 2 atom stereocenters. The van der Waals surface area contributed by atoms with E-state index in [0.717, 1.165) is 10.8 Å². The number of ketones is 1. The van der Waals surface area contributed by atoms with E-state index >= 15 is 0 Å². The number of benzene rings is 4. The Bertz CT molecular complexity index is 1580. The van der Waals surface area contributed by atoms with E-state index in [0.29, 0.717) is 39.6 Å². The number of oxime groups is 1. The van der Waals surface area contributed by atoms with E-state index in [1.165, 1.54) is 7.11 Å². The number of Topliss-reactive ketones (excluding diaryl/α,β-unsaturated/α-hetero) is 1. The quantitative estimate of drug-likeness (QED) is 0.411. The number of methoxy groups -OCH3 is 2. The van der Waals surface area contributed by atoms with Gasteiger partial charge in [-0.15, -0.1) is 0 Å². The van der Waals surface area contributed by atoms with Crippen LogP contribution in [0.25, 0.3) is 10.8 Å². The van der Waals surface area contributed by atoms with Gasteiger partial charge in [0.05, 0.1) is 14.2 Å². The van der Waals surface area contributed by atoms with Crippen LogP contribution < -0.4 is 14.8 Å². The molecule has 0 saturated carbocycles. The molecule has 0 aliphatic carbocycles. The summed E-state index contributed by atoms with van der Waals surface area (Å²) in [5, 5.41) is 9.17. The van der Waals surface area contributed by atoms with Crippen molar-refractivity contribution in [1.82, 2.24) is 0 Å². The number of ether oxygens (including phenoxy) is 2. The Hall–Kier alpha value is -4.65. The summed E-state index contributed by atoms with van der Waals surface area (Å²) in [5.74, 6) is -0.749. The first-order chi connectivity index (χ1) is 17.6. The molecule has 1 amide bonds. The van der Waals surface area contributed by atoms with Crippen LogP contribution in [-0.4, -0.2) is 31.6 Å². The Kier molecular flexibility index (Phi) is 5.00. The zero-order chi connectivity index (χ0) is 24.9. The number of hydrogen-bond donors (Lipinski definition) is 1. The molecule has 2 heterocycles. The predicted molar refractivity (Wildman–Crippen MR) is 136 cm³/mol. The van der Waals surface area contributed by atoms with E-state index in [-0.39, 0.29) is 5.78 Å². The number of anilines is 1. The first kappa shape index (κ1) is 21.9. The fourth-order valence-electron chi connectivity index (χ4n) is 5.09. The lowest BCUT2D eigenvalue weighted by Gasteiger charge is -2.27. The minimum absolute atomic E-state index is 0.284. The molecule has 2 aliphatic rings. The van der Waals surface area contributed by atoms with Gasteiger partial charge in [0.2, 0.25) is 0 Å². The second-order valence-corrected chi connectivity index (χ2v) is 8.73. The van der Waals surface area contributed by atoms with Gasteiger partial charge in [0.1, 0.15) is 23.1 Å². The lowest BCUT2D eigenvalue weighted by atomic mass is 9.74. The maximum absolute atomic E-state index is 14.3. The molecule has 6 rings (SSSR count). The second-order valence-electron chi connectivity index (χ2n) is 8.73. The van der Waals surface area contributed by atoms with Gasteiger partial charge in [0, 0.05) is 22.4 Å². The molecule has 4 aromatic rings. The van der Waals surface area contributed by atoms with Gasteiger partial charge >= 0.3 is 0 Å². The molecular weight excluding hydrogens is 456 g/mol. The van der Waals surface area contributed by atoms with Crippen LogP contribution in [0.2, 0.25) is 0 Å². The number of nitrogens with zero attached hydrogens (tertiary/aromatic N) is 1. The summed E-state index contributed by atoms with van der Waals surface area (Å²) < 4.78 is 11.0. The fraction of sp³-hybridized carbons (Fsp3) is 0.138. The summed E-state index contributed by atoms with van der Waals surface area (Å²) in [6.07, 6.45) is 0. The van der Waals surface area contributed by atoms with Crippen molar-refractivity contribution in [3.63, 3.8) is 0 Å². The molecule has 7 nitrogen and oxygen atoms in total. The standard InChI is InChI=1S/C29H22N2O5/c1-34-20-13-14-24(35-2)21(16-20)26-25(27(32)19-12-11-17-7-3-4-8-18(17)15-19)29(36-31-26)22-9-5-6-10-23(22)30-28(29)33/h3-16,25H,1-2H3,(H,30,33). The first-order valence-electron chi connectivity index (χ1n) is 11.5. The number of amides is 1. The van der Waals surface area contributed by atoms with Gasteiger partial charge in [-0.3, -0.25) is 9.59 Å². The van der Waals surface area contributed by atoms with Crippen molar-refractivity contribution in [2.24, 2.45) is 11.1 Å². The van der Waals surface area contributed by atoms with Crippen molar-refractivity contribution in [3.05, 3.63) is 102 Å². The topological polar surface area (TPSA) is 86.2 Å². The SMILES string of the molecule is COc1ccc(OC)c(C2=NOC3(C(=O)Nc4ccccc43)C2C(=O)c2ccc3ccccc3c2)c1. The molecule has 0 saturated heterocycles. The lowest BCUT2D eigenvalue weighted by molar-refractivity contribution is -0.140. The highest BCUT2D eigenvalue weighted by atomic mass is 16.7. The highest BCUT2D eigenvalue weighted by molar-refractivity contribution is 6.25. The summed E-state index contributed by atoms with van der Waals surface area (Å²) >= 11 is 0. The Morgan fingerprint density at radius 2 is 1.69 bits per heavy atom. The zero-order valence-electron chi connectivity index (χ0n) is 19.6. The van der Waals surface area contributed by atoms with Crippen molar-refractivity contribution < 1.29 is 23.9 Å². The van der Waals surface area contributed by atoms with Gasteiger partial charge in [-0.1, -0.05) is 59.8 Å². The van der Waals surface area contributed by atoms with Crippen molar-refractivity contribution in [2.45, 2.75) is 5.60 Å². The smallest absolute Gasteiger partial charge is 0.277 e. The van der Waals surface area contributed by atoms with Gasteiger partial charge in [-0.25, -0.2) is 0 Å². The highest BCUT2D eigenvalue weighted by Crippen LogP contribution is 2.50. The summed E-state index contributed by atoms with van der Waals surface area (Å²) in [5.41, 5.74) is 0.779. The van der Waals surface area contributed by atoms with Gasteiger partial charge in [-0.2, -0.15) is 0 Å². The maximum atomic E-state index is 14.3. The number of nitrogens with one attached hydrogen (secondary N) is 1. The van der Waals surface area contributed by atoms with Crippen LogP contribution in [-0.2, 0) is 15.2 Å². The number of hydrogen-bond acceptors (Lipinski definition) is 6. The van der Waals surface area contributed by atoms with E-state index in [9.17, 15) is 9.59 Å². The van der Waals surface area contributed by atoms with Crippen LogP contribution in [0.15, 0.2) is 90.1 Å². The number of fused-ring (bicyclic) bond motifs is 3. The Balaban J connectivity index is 1.56. The Morgan fingerprint density at radius 3 is 2.50 bits per heavy atom. The molecule has 1 spiro atoms. The third kappa shape index (κ3) is 3.09. The van der Waals surface area contributed by atoms with Crippen molar-refractivity contribution in [3.8, 4) is 11.5 Å². The molecule has 178 valence electrons. The van der Waals surface area contributed by atoms with Crippen LogP contribution in [0, 0.1) is 5.92 Å². The van der Waals surface area contributed by atoms with Crippen molar-refractivity contribution in [1.29, 1.82) is 0 Å². The molecule has 0 radical (unpaired) electrons. The predicted octanol–water partition coefficient (Wildman–Crippen LogP) is 4.94. The molecule has 0 bridgehead atoms. The van der Waals surface area contributed by atoms with Gasteiger partial charge in [0.15, 0.2) is 5.78 Å². The second kappa shape index (κ2) is 8.23. The van der Waals surface area contributed by atoms with Crippen LogP contribution in [0.4, 0.5) is 5.69 Å². The molecule has 2 aliphatic heterocycles. The average Bonchev–Trinajstić information content (AvgIpc) is 3.46. The number of para-hydroxylation sites is 1. The minimum atomic E-state index is -1.65. The molecule has 0 fully saturated rings. The monoisotopic (exact) mass is 478 g/mol. The highest BCUT2D eigenvalue weighted by Gasteiger charge is 2.63. The van der Waals surface area contributed by atoms with Crippen LogP contribution in [0.5, 0.6) is 11.5 Å². The van der Waals surface area contributed by atoms with Crippen molar-refractivity contribution in [2.75, 3.05) is 19.5 Å². The van der Waals surface area contributed by atoms with E-state index in [1.807, 2.05) is 48.5 Å². The fourth-order valence-corrected chi connectivity index (χ4v) is 5.09. The zero-order valence-corrected chi connectivity index (χ0v) is 19.6.